The van der Waals surface area contributed by atoms with E-state index < -0.39 is 5.54 Å². The van der Waals surface area contributed by atoms with Gasteiger partial charge in [-0.2, -0.15) is 0 Å². The van der Waals surface area contributed by atoms with E-state index in [1.165, 1.54) is 6.07 Å². The van der Waals surface area contributed by atoms with Crippen molar-refractivity contribution in [3.8, 4) is 0 Å². The summed E-state index contributed by atoms with van der Waals surface area (Å²) in [4.78, 5) is 0. The molecule has 0 amide bonds. The largest absolute Gasteiger partial charge is 0.321 e. The first-order valence-corrected chi connectivity index (χ1v) is 7.09. The summed E-state index contributed by atoms with van der Waals surface area (Å²) >= 11 is 0. The zero-order chi connectivity index (χ0) is 14.5. The Kier molecular flexibility index (Phi) is 3.29. The van der Waals surface area contributed by atoms with E-state index in [4.69, 9.17) is 5.73 Å². The van der Waals surface area contributed by atoms with Crippen molar-refractivity contribution in [3.05, 3.63) is 35.1 Å². The van der Waals surface area contributed by atoms with Crippen molar-refractivity contribution in [2.45, 2.75) is 59.4 Å². The number of hydrogen-bond donors (Lipinski definition) is 1. The minimum Gasteiger partial charge on any atom is -0.321 e. The number of benzene rings is 1. The molecule has 0 aromatic heterocycles. The van der Waals surface area contributed by atoms with Gasteiger partial charge in [0.1, 0.15) is 5.82 Å². The fraction of sp³-hybridized carbons (Fsp3) is 0.647. The predicted molar refractivity (Wildman–Crippen MR) is 78.4 cm³/mol. The maximum Gasteiger partial charge on any atom is 0.123 e. The van der Waals surface area contributed by atoms with E-state index in [1.54, 1.807) is 6.07 Å². The van der Waals surface area contributed by atoms with Gasteiger partial charge in [-0.25, -0.2) is 4.39 Å². The molecule has 0 bridgehead atoms. The van der Waals surface area contributed by atoms with Crippen LogP contribution in [-0.4, -0.2) is 0 Å². The first-order chi connectivity index (χ1) is 8.53. The molecule has 2 N–H and O–H groups in total. The van der Waals surface area contributed by atoms with Crippen LogP contribution < -0.4 is 5.73 Å². The molecule has 1 saturated carbocycles. The topological polar surface area (TPSA) is 26.0 Å². The normalized spacial score (nSPS) is 24.2. The Labute approximate surface area is 116 Å². The fourth-order valence-corrected chi connectivity index (χ4v) is 4.51. The van der Waals surface area contributed by atoms with E-state index in [-0.39, 0.29) is 16.6 Å². The molecule has 0 heterocycles. The van der Waals surface area contributed by atoms with Crippen molar-refractivity contribution in [3.63, 3.8) is 0 Å². The maximum absolute atomic E-state index is 13.6. The number of nitrogens with two attached hydrogens (primary N) is 1. The Morgan fingerprint density at radius 3 is 2.05 bits per heavy atom. The highest BCUT2D eigenvalue weighted by Crippen LogP contribution is 2.53. The van der Waals surface area contributed by atoms with Crippen molar-refractivity contribution in [2.24, 2.45) is 16.6 Å². The first kappa shape index (κ1) is 14.5. The summed E-state index contributed by atoms with van der Waals surface area (Å²) in [5.41, 5.74) is 8.77. The van der Waals surface area contributed by atoms with Gasteiger partial charge in [0, 0.05) is 5.54 Å². The molecule has 0 atom stereocenters. The zero-order valence-corrected chi connectivity index (χ0v) is 12.8. The molecule has 0 aliphatic heterocycles. The van der Waals surface area contributed by atoms with E-state index >= 15 is 0 Å². The van der Waals surface area contributed by atoms with E-state index in [9.17, 15) is 4.39 Å². The Morgan fingerprint density at radius 2 is 1.53 bits per heavy atom. The first-order valence-electron chi connectivity index (χ1n) is 7.09. The van der Waals surface area contributed by atoms with Crippen LogP contribution in [0.2, 0.25) is 0 Å². The van der Waals surface area contributed by atoms with Crippen molar-refractivity contribution in [2.75, 3.05) is 0 Å². The summed E-state index contributed by atoms with van der Waals surface area (Å²) in [6.45, 7) is 11.1. The Bertz CT molecular complexity index is 472. The summed E-state index contributed by atoms with van der Waals surface area (Å²) in [5, 5.41) is 0. The summed E-state index contributed by atoms with van der Waals surface area (Å²) in [6, 6.07) is 4.99. The molecule has 1 aromatic carbocycles. The van der Waals surface area contributed by atoms with Crippen LogP contribution in [0.5, 0.6) is 0 Å². The third kappa shape index (κ3) is 3.00. The van der Waals surface area contributed by atoms with Gasteiger partial charge < -0.3 is 5.73 Å². The van der Waals surface area contributed by atoms with Gasteiger partial charge in [-0.3, -0.25) is 0 Å². The van der Waals surface area contributed by atoms with Crippen LogP contribution in [0.3, 0.4) is 0 Å². The van der Waals surface area contributed by atoms with Crippen LogP contribution in [0.25, 0.3) is 0 Å². The molecule has 0 saturated heterocycles. The van der Waals surface area contributed by atoms with Crippen molar-refractivity contribution < 1.29 is 4.39 Å². The molecule has 1 fully saturated rings. The molecule has 0 unspecified atom stereocenters. The van der Waals surface area contributed by atoms with Crippen LogP contribution in [0.1, 0.15) is 58.1 Å². The number of aryl methyl sites for hydroxylation is 1. The molecular formula is C17H26FN. The highest BCUT2D eigenvalue weighted by molar-refractivity contribution is 5.34. The maximum atomic E-state index is 13.6. The van der Waals surface area contributed by atoms with Crippen molar-refractivity contribution >= 4 is 0 Å². The van der Waals surface area contributed by atoms with Crippen molar-refractivity contribution in [1.82, 2.24) is 0 Å². The average molecular weight is 263 g/mol. The smallest absolute Gasteiger partial charge is 0.123 e. The van der Waals surface area contributed by atoms with Gasteiger partial charge in [-0.1, -0.05) is 33.8 Å². The Balaban J connectivity index is 2.49. The highest BCUT2D eigenvalue weighted by atomic mass is 19.1. The van der Waals surface area contributed by atoms with Gasteiger partial charge >= 0.3 is 0 Å². The predicted octanol–water partition coefficient (Wildman–Crippen LogP) is 4.52. The summed E-state index contributed by atoms with van der Waals surface area (Å²) in [5.74, 6) is -0.188. The lowest BCUT2D eigenvalue weighted by atomic mass is 9.57. The summed E-state index contributed by atoms with van der Waals surface area (Å²) < 4.78 is 13.6. The summed E-state index contributed by atoms with van der Waals surface area (Å²) in [6.07, 6.45) is 2.98. The van der Waals surface area contributed by atoms with Gasteiger partial charge in [-0.05, 0) is 60.3 Å². The van der Waals surface area contributed by atoms with E-state index in [2.05, 4.69) is 27.7 Å². The van der Waals surface area contributed by atoms with Crippen LogP contribution >= 0.6 is 0 Å². The van der Waals surface area contributed by atoms with Gasteiger partial charge in [0.05, 0.1) is 0 Å². The van der Waals surface area contributed by atoms with Gasteiger partial charge in [0.15, 0.2) is 0 Å². The van der Waals surface area contributed by atoms with Crippen LogP contribution in [0.15, 0.2) is 18.2 Å². The van der Waals surface area contributed by atoms with Crippen LogP contribution in [-0.2, 0) is 5.54 Å². The molecule has 19 heavy (non-hydrogen) atoms. The standard InChI is InChI=1S/C17H26FN/c1-12-6-7-13(18)8-14(12)17(19)10-15(2,3)9-16(4,5)11-17/h6-8H,9-11,19H2,1-5H3. The van der Waals surface area contributed by atoms with E-state index in [0.717, 1.165) is 30.4 Å². The lowest BCUT2D eigenvalue weighted by Crippen LogP contribution is -2.50. The number of halogens is 1. The Morgan fingerprint density at radius 1 is 1.00 bits per heavy atom. The zero-order valence-electron chi connectivity index (χ0n) is 12.8. The fourth-order valence-electron chi connectivity index (χ4n) is 4.51. The van der Waals surface area contributed by atoms with Gasteiger partial charge in [0.2, 0.25) is 0 Å². The third-order valence-electron chi connectivity index (χ3n) is 4.28. The van der Waals surface area contributed by atoms with Gasteiger partial charge in [-0.15, -0.1) is 0 Å². The molecular weight excluding hydrogens is 237 g/mol. The quantitative estimate of drug-likeness (QED) is 0.791. The molecule has 0 radical (unpaired) electrons. The minimum atomic E-state index is -0.419. The SMILES string of the molecule is Cc1ccc(F)cc1C1(N)CC(C)(C)CC(C)(C)C1. The van der Waals surface area contributed by atoms with Crippen LogP contribution in [0, 0.1) is 23.6 Å². The molecule has 2 heteroatoms. The molecule has 2 rings (SSSR count). The van der Waals surface area contributed by atoms with Crippen molar-refractivity contribution in [1.29, 1.82) is 0 Å². The van der Waals surface area contributed by atoms with Gasteiger partial charge in [0.25, 0.3) is 0 Å². The van der Waals surface area contributed by atoms with E-state index in [0.29, 0.717) is 0 Å². The molecule has 1 nitrogen and oxygen atoms in total. The minimum absolute atomic E-state index is 0.188. The number of hydrogen-bond acceptors (Lipinski definition) is 1. The molecule has 1 aliphatic rings. The molecule has 0 spiro atoms. The monoisotopic (exact) mass is 263 g/mol. The second-order valence-electron chi connectivity index (χ2n) is 7.97. The number of rotatable bonds is 1. The Hall–Kier alpha value is -0.890. The third-order valence-corrected chi connectivity index (χ3v) is 4.28. The van der Waals surface area contributed by atoms with Crippen LogP contribution in [0.4, 0.5) is 4.39 Å². The molecule has 1 aromatic rings. The van der Waals surface area contributed by atoms with E-state index in [1.807, 2.05) is 13.0 Å². The lowest BCUT2D eigenvalue weighted by Gasteiger charge is -2.51. The summed E-state index contributed by atoms with van der Waals surface area (Å²) in [7, 11) is 0. The molecule has 106 valence electrons. The lowest BCUT2D eigenvalue weighted by molar-refractivity contribution is 0.0466. The highest BCUT2D eigenvalue weighted by Gasteiger charge is 2.46. The second kappa shape index (κ2) is 4.31. The second-order valence-corrected chi connectivity index (χ2v) is 7.97. The average Bonchev–Trinajstić information content (AvgIpc) is 2.16. The molecule has 1 aliphatic carbocycles.